The van der Waals surface area contributed by atoms with Crippen LogP contribution >= 0.6 is 0 Å². The fourth-order valence-corrected chi connectivity index (χ4v) is 7.39. The summed E-state index contributed by atoms with van der Waals surface area (Å²) in [7, 11) is 0. The first-order valence-electron chi connectivity index (χ1n) is 9.82. The highest BCUT2D eigenvalue weighted by Crippen LogP contribution is 2.66. The molecule has 0 spiro atoms. The summed E-state index contributed by atoms with van der Waals surface area (Å²) in [6, 6.07) is 0. The van der Waals surface area contributed by atoms with Crippen molar-refractivity contribution in [2.45, 2.75) is 72.1 Å². The Kier molecular flexibility index (Phi) is 3.61. The van der Waals surface area contributed by atoms with Crippen LogP contribution in [0.5, 0.6) is 0 Å². The van der Waals surface area contributed by atoms with Crippen molar-refractivity contribution in [2.75, 3.05) is 0 Å². The average Bonchev–Trinajstić information content (AvgIpc) is 2.86. The van der Waals surface area contributed by atoms with Gasteiger partial charge in [-0.15, -0.1) is 0 Å². The van der Waals surface area contributed by atoms with Crippen LogP contribution in [0.25, 0.3) is 0 Å². The molecule has 1 unspecified atom stereocenters. The molecule has 4 aliphatic carbocycles. The van der Waals surface area contributed by atoms with Crippen molar-refractivity contribution in [1.82, 2.24) is 0 Å². The van der Waals surface area contributed by atoms with Crippen molar-refractivity contribution in [2.24, 2.45) is 40.4 Å². The van der Waals surface area contributed by atoms with Gasteiger partial charge in [0.2, 0.25) is 0 Å². The quantitative estimate of drug-likeness (QED) is 0.730. The first-order valence-corrected chi connectivity index (χ1v) is 9.82. The summed E-state index contributed by atoms with van der Waals surface area (Å²) >= 11 is 0. The van der Waals surface area contributed by atoms with E-state index >= 15 is 0 Å². The topological polar surface area (TPSA) is 51.2 Å². The molecule has 3 nitrogen and oxygen atoms in total. The molecule has 0 radical (unpaired) electrons. The van der Waals surface area contributed by atoms with E-state index in [0.717, 1.165) is 32.1 Å². The predicted molar refractivity (Wildman–Crippen MR) is 91.3 cm³/mol. The maximum atomic E-state index is 13.1. The Morgan fingerprint density at radius 2 is 1.67 bits per heavy atom. The Morgan fingerprint density at radius 3 is 2.38 bits per heavy atom. The minimum absolute atomic E-state index is 0.0241. The van der Waals surface area contributed by atoms with E-state index in [1.165, 1.54) is 0 Å². The van der Waals surface area contributed by atoms with Crippen LogP contribution in [0, 0.1) is 40.4 Å². The third kappa shape index (κ3) is 2.05. The molecule has 4 fully saturated rings. The molecule has 0 heterocycles. The molecule has 0 bridgehead atoms. The molecule has 0 aromatic carbocycles. The maximum Gasteiger partial charge on any atom is 0.136 e. The lowest BCUT2D eigenvalue weighted by Gasteiger charge is -2.59. The SMILES string of the molecule is CC(=O)[C@H]1CC[C@H]2[C@@H]3C(=O)CC4CC(=O)CC[C@]4(C)[C@H]3CC[C@]12C. The van der Waals surface area contributed by atoms with Gasteiger partial charge < -0.3 is 0 Å². The molecule has 0 aromatic heterocycles. The second-order valence-electron chi connectivity index (χ2n) is 9.64. The van der Waals surface area contributed by atoms with Crippen LogP contribution in [0.1, 0.15) is 72.1 Å². The lowest BCUT2D eigenvalue weighted by molar-refractivity contribution is -0.159. The van der Waals surface area contributed by atoms with Crippen LogP contribution < -0.4 is 0 Å². The van der Waals surface area contributed by atoms with Crippen LogP contribution in [-0.2, 0) is 14.4 Å². The van der Waals surface area contributed by atoms with E-state index in [0.29, 0.717) is 48.4 Å². The zero-order valence-electron chi connectivity index (χ0n) is 15.3. The van der Waals surface area contributed by atoms with Crippen LogP contribution in [0.15, 0.2) is 0 Å². The third-order valence-electron chi connectivity index (χ3n) is 8.78. The lowest BCUT2D eigenvalue weighted by atomic mass is 9.44. The summed E-state index contributed by atoms with van der Waals surface area (Å²) in [6.45, 7) is 6.37. The summed E-state index contributed by atoms with van der Waals surface area (Å²) < 4.78 is 0. The molecule has 0 aliphatic heterocycles. The van der Waals surface area contributed by atoms with Gasteiger partial charge in [0.25, 0.3) is 0 Å². The molecule has 0 N–H and O–H groups in total. The summed E-state index contributed by atoms with van der Waals surface area (Å²) in [5.74, 6) is 2.43. The van der Waals surface area contributed by atoms with Gasteiger partial charge in [-0.25, -0.2) is 0 Å². The van der Waals surface area contributed by atoms with Crippen LogP contribution in [-0.4, -0.2) is 17.3 Å². The van der Waals surface area contributed by atoms with Crippen molar-refractivity contribution in [3.63, 3.8) is 0 Å². The van der Waals surface area contributed by atoms with E-state index in [-0.39, 0.29) is 28.6 Å². The van der Waals surface area contributed by atoms with Gasteiger partial charge in [-0.1, -0.05) is 13.8 Å². The normalized spacial score (nSPS) is 50.9. The van der Waals surface area contributed by atoms with Crippen molar-refractivity contribution >= 4 is 17.3 Å². The van der Waals surface area contributed by atoms with E-state index in [4.69, 9.17) is 0 Å². The minimum Gasteiger partial charge on any atom is -0.300 e. The number of rotatable bonds is 1. The molecule has 4 rings (SSSR count). The summed E-state index contributed by atoms with van der Waals surface area (Å²) in [5.41, 5.74) is 0.179. The highest BCUT2D eigenvalue weighted by Gasteiger charge is 2.63. The smallest absolute Gasteiger partial charge is 0.136 e. The van der Waals surface area contributed by atoms with E-state index in [9.17, 15) is 14.4 Å². The largest absolute Gasteiger partial charge is 0.300 e. The van der Waals surface area contributed by atoms with Gasteiger partial charge in [0.15, 0.2) is 0 Å². The van der Waals surface area contributed by atoms with E-state index < -0.39 is 0 Å². The third-order valence-corrected chi connectivity index (χ3v) is 8.78. The summed E-state index contributed by atoms with van der Waals surface area (Å²) in [4.78, 5) is 37.2. The zero-order chi connectivity index (χ0) is 17.3. The minimum atomic E-state index is 0.0241. The lowest BCUT2D eigenvalue weighted by Crippen LogP contribution is -2.57. The van der Waals surface area contributed by atoms with Gasteiger partial charge in [-0.2, -0.15) is 0 Å². The first-order chi connectivity index (χ1) is 11.3. The molecule has 24 heavy (non-hydrogen) atoms. The van der Waals surface area contributed by atoms with Crippen molar-refractivity contribution < 1.29 is 14.4 Å². The van der Waals surface area contributed by atoms with E-state index in [1.807, 2.05) is 0 Å². The molecule has 0 aromatic rings. The molecule has 0 amide bonds. The fraction of sp³-hybridized carbons (Fsp3) is 0.857. The molecular formula is C21H30O3. The summed E-state index contributed by atoms with van der Waals surface area (Å²) in [5, 5.41) is 0. The second kappa shape index (κ2) is 5.25. The van der Waals surface area contributed by atoms with Gasteiger partial charge in [-0.3, -0.25) is 14.4 Å². The van der Waals surface area contributed by atoms with Crippen LogP contribution in [0.4, 0.5) is 0 Å². The number of ketones is 3. The number of fused-ring (bicyclic) bond motifs is 5. The van der Waals surface area contributed by atoms with Crippen LogP contribution in [0.3, 0.4) is 0 Å². The molecule has 0 saturated heterocycles. The zero-order valence-corrected chi connectivity index (χ0v) is 15.3. The van der Waals surface area contributed by atoms with Crippen molar-refractivity contribution in [1.29, 1.82) is 0 Å². The monoisotopic (exact) mass is 330 g/mol. The number of carbonyl (C=O) groups excluding carboxylic acids is 3. The van der Waals surface area contributed by atoms with Gasteiger partial charge in [-0.05, 0) is 67.6 Å². The Morgan fingerprint density at radius 1 is 0.958 bits per heavy atom. The number of hydrogen-bond donors (Lipinski definition) is 0. The molecule has 4 saturated carbocycles. The molecule has 3 heteroatoms. The van der Waals surface area contributed by atoms with E-state index in [1.54, 1.807) is 6.92 Å². The number of hydrogen-bond acceptors (Lipinski definition) is 3. The Hall–Kier alpha value is -0.990. The summed E-state index contributed by atoms with van der Waals surface area (Å²) in [6.07, 6.45) is 7.01. The van der Waals surface area contributed by atoms with E-state index in [2.05, 4.69) is 13.8 Å². The average molecular weight is 330 g/mol. The van der Waals surface area contributed by atoms with Crippen LogP contribution in [0.2, 0.25) is 0 Å². The predicted octanol–water partition coefficient (Wildman–Crippen LogP) is 3.98. The molecule has 4 aliphatic rings. The Labute approximate surface area is 144 Å². The Bertz CT molecular complexity index is 608. The van der Waals surface area contributed by atoms with Gasteiger partial charge in [0.1, 0.15) is 17.3 Å². The number of Topliss-reactive ketones (excluding diaryl/α,β-unsaturated/α-hetero) is 3. The van der Waals surface area contributed by atoms with Crippen molar-refractivity contribution in [3.8, 4) is 0 Å². The standard InChI is InChI=1S/C21H30O3/c1-12(22)15-4-5-16-19-17(7-9-21(15,16)3)20(2)8-6-14(23)10-13(20)11-18(19)24/h13,15-17,19H,4-11H2,1-3H3/t13?,15-,16+,17+,19+,20+,21-/m1/s1. The maximum absolute atomic E-state index is 13.1. The molecular weight excluding hydrogens is 300 g/mol. The first kappa shape index (κ1) is 16.5. The molecule has 7 atom stereocenters. The fourth-order valence-electron chi connectivity index (χ4n) is 7.39. The van der Waals surface area contributed by atoms with Gasteiger partial charge in [0, 0.05) is 31.1 Å². The highest BCUT2D eigenvalue weighted by atomic mass is 16.1. The van der Waals surface area contributed by atoms with Crippen molar-refractivity contribution in [3.05, 3.63) is 0 Å². The number of carbonyl (C=O) groups is 3. The van der Waals surface area contributed by atoms with Gasteiger partial charge in [0.05, 0.1) is 0 Å². The highest BCUT2D eigenvalue weighted by molar-refractivity contribution is 5.87. The molecule has 132 valence electrons. The Balaban J connectivity index is 1.69. The second-order valence-corrected chi connectivity index (χ2v) is 9.64. The van der Waals surface area contributed by atoms with Gasteiger partial charge >= 0.3 is 0 Å².